The fourth-order valence-electron chi connectivity index (χ4n) is 4.02. The summed E-state index contributed by atoms with van der Waals surface area (Å²) in [6, 6.07) is 8.69. The topological polar surface area (TPSA) is 120 Å². The number of aromatic nitrogens is 2. The van der Waals surface area contributed by atoms with Crippen molar-refractivity contribution >= 4 is 51.2 Å². The van der Waals surface area contributed by atoms with Gasteiger partial charge in [-0.05, 0) is 25.0 Å². The van der Waals surface area contributed by atoms with Crippen molar-refractivity contribution in [1.82, 2.24) is 19.6 Å². The molecule has 1 fully saturated rings. The number of alkyl halides is 2. The molecule has 0 unspecified atom stereocenters. The number of halogens is 3. The average Bonchev–Trinajstić information content (AvgIpc) is 3.37. The van der Waals surface area contributed by atoms with Crippen molar-refractivity contribution in [3.63, 3.8) is 0 Å². The van der Waals surface area contributed by atoms with Crippen LogP contribution in [0.25, 0.3) is 27.7 Å². The van der Waals surface area contributed by atoms with E-state index in [1.165, 1.54) is 37.8 Å². The Bertz CT molecular complexity index is 1430. The molecule has 35 heavy (non-hydrogen) atoms. The van der Waals surface area contributed by atoms with E-state index in [-0.39, 0.29) is 17.5 Å². The minimum absolute atomic E-state index is 0.0794. The van der Waals surface area contributed by atoms with Crippen LogP contribution < -0.4 is 14.8 Å². The summed E-state index contributed by atoms with van der Waals surface area (Å²) in [5.74, 6) is -0.340. The van der Waals surface area contributed by atoms with Gasteiger partial charge in [-0.2, -0.15) is 4.31 Å². The molecule has 1 saturated heterocycles. The molecule has 2 aromatic heterocycles. The summed E-state index contributed by atoms with van der Waals surface area (Å²) in [5.41, 5.74) is 2.94. The number of H-pyrrole nitrogens is 1. The standard InChI is InChI=1S/C22H18F2IN5O4S/c23-22(24)33-19-2-1-13(8-20(19)34-22)18-12-29-21-17(18)7-14(10-28-21)15(9-26)11-27-16-3-5-30(6-4-16)35(25,31)32/h7-12,16,26-27H,3-6H2,(H,28,29)/b15-11+,26-9?. The molecule has 0 saturated carbocycles. The molecule has 13 heteroatoms. The third-order valence-electron chi connectivity index (χ3n) is 5.81. The van der Waals surface area contributed by atoms with Crippen LogP contribution in [0, 0.1) is 17.5 Å². The second-order valence-electron chi connectivity index (χ2n) is 8.02. The number of aromatic amines is 1. The molecule has 0 bridgehead atoms. The molecular weight excluding hydrogens is 595 g/mol. The Morgan fingerprint density at radius 1 is 1.31 bits per heavy atom. The number of rotatable bonds is 6. The predicted molar refractivity (Wildman–Crippen MR) is 133 cm³/mol. The minimum atomic E-state index is -3.74. The summed E-state index contributed by atoms with van der Waals surface area (Å²) in [6.45, 7) is 0.873. The molecule has 0 amide bonds. The van der Waals surface area contributed by atoms with Gasteiger partial charge in [0.2, 0.25) is 5.75 Å². The Labute approximate surface area is 211 Å². The van der Waals surface area contributed by atoms with Crippen molar-refractivity contribution in [3.8, 4) is 22.6 Å². The molecule has 0 radical (unpaired) electrons. The Morgan fingerprint density at radius 2 is 2.09 bits per heavy atom. The number of hydrogen-bond acceptors (Lipinski definition) is 7. The lowest BCUT2D eigenvalue weighted by Gasteiger charge is -2.29. The Balaban J connectivity index is 1.38. The molecule has 5 rings (SSSR count). The molecular formula is C22H18F2IN5O4S. The quantitative estimate of drug-likeness (QED) is 0.221. The maximum atomic E-state index is 13.4. The number of pyridine rings is 1. The summed E-state index contributed by atoms with van der Waals surface area (Å²) in [4.78, 5) is 7.46. The monoisotopic (exact) mass is 613 g/mol. The first-order valence-electron chi connectivity index (χ1n) is 10.5. The van der Waals surface area contributed by atoms with Gasteiger partial charge in [0.05, 0.1) is 21.2 Å². The number of piperidine rings is 1. The highest BCUT2D eigenvalue weighted by molar-refractivity contribution is 14.2. The van der Waals surface area contributed by atoms with Gasteiger partial charge in [-0.25, -0.2) is 13.4 Å². The van der Waals surface area contributed by atoms with E-state index in [2.05, 4.69) is 36.9 Å². The molecule has 9 nitrogen and oxygen atoms in total. The van der Waals surface area contributed by atoms with Crippen LogP contribution in [0.3, 0.4) is 0 Å². The van der Waals surface area contributed by atoms with E-state index in [4.69, 9.17) is 5.41 Å². The van der Waals surface area contributed by atoms with E-state index in [1.807, 2.05) is 6.07 Å². The highest BCUT2D eigenvalue weighted by Gasteiger charge is 2.43. The second kappa shape index (κ2) is 8.92. The Kier molecular flexibility index (Phi) is 6.06. The largest absolute Gasteiger partial charge is 0.586 e. The number of nitrogens with zero attached hydrogens (tertiary/aromatic N) is 2. The smallest absolute Gasteiger partial charge is 0.394 e. The minimum Gasteiger partial charge on any atom is -0.394 e. The van der Waals surface area contributed by atoms with Gasteiger partial charge in [0.25, 0.3) is 7.19 Å². The van der Waals surface area contributed by atoms with E-state index in [1.54, 1.807) is 18.6 Å². The van der Waals surface area contributed by atoms with Gasteiger partial charge < -0.3 is 25.2 Å². The van der Waals surface area contributed by atoms with Crippen LogP contribution in [0.5, 0.6) is 11.5 Å². The highest BCUT2D eigenvalue weighted by Crippen LogP contribution is 2.41. The van der Waals surface area contributed by atoms with Crippen LogP contribution in [-0.2, 0) is 7.19 Å². The van der Waals surface area contributed by atoms with E-state index >= 15 is 0 Å². The number of nitrogens with one attached hydrogen (secondary N) is 3. The van der Waals surface area contributed by atoms with E-state index < -0.39 is 13.5 Å². The summed E-state index contributed by atoms with van der Waals surface area (Å²) >= 11 is 1.45. The maximum Gasteiger partial charge on any atom is 0.586 e. The first-order valence-corrected chi connectivity index (χ1v) is 14.5. The second-order valence-corrected chi connectivity index (χ2v) is 12.7. The lowest BCUT2D eigenvalue weighted by atomic mass is 10.0. The van der Waals surface area contributed by atoms with Crippen LogP contribution in [0.4, 0.5) is 8.78 Å². The van der Waals surface area contributed by atoms with E-state index in [0.29, 0.717) is 59.2 Å². The molecule has 1 aromatic carbocycles. The highest BCUT2D eigenvalue weighted by atomic mass is 127. The third kappa shape index (κ3) is 4.91. The van der Waals surface area contributed by atoms with Gasteiger partial charge in [-0.3, -0.25) is 0 Å². The predicted octanol–water partition coefficient (Wildman–Crippen LogP) is 3.88. The van der Waals surface area contributed by atoms with Crippen molar-refractivity contribution in [3.05, 3.63) is 48.4 Å². The summed E-state index contributed by atoms with van der Waals surface area (Å²) in [6.07, 6.45) is 3.80. The fraction of sp³-hybridized carbons (Fsp3) is 0.273. The van der Waals surface area contributed by atoms with Crippen molar-refractivity contribution in [2.45, 2.75) is 25.2 Å². The SMILES string of the molecule is N=C/C(=C\NC1CCN(S(=O)(=O)I)CC1)c1cnc2[nH]cc(-c3c#cc4c(c3)OC(F)(F)O4)c2c1. The molecule has 2 aliphatic rings. The van der Waals surface area contributed by atoms with Crippen molar-refractivity contribution in [1.29, 1.82) is 5.41 Å². The zero-order valence-corrected chi connectivity index (χ0v) is 20.9. The zero-order valence-electron chi connectivity index (χ0n) is 17.9. The van der Waals surface area contributed by atoms with Crippen LogP contribution in [-0.4, -0.2) is 54.3 Å². The maximum absolute atomic E-state index is 13.4. The first kappa shape index (κ1) is 23.8. The summed E-state index contributed by atoms with van der Waals surface area (Å²) < 4.78 is 60.4. The normalized spacial score (nSPS) is 18.4. The van der Waals surface area contributed by atoms with Gasteiger partial charge >= 0.3 is 6.29 Å². The van der Waals surface area contributed by atoms with Crippen molar-refractivity contribution in [2.75, 3.05) is 13.1 Å². The molecule has 0 atom stereocenters. The van der Waals surface area contributed by atoms with Crippen LogP contribution in [0.2, 0.25) is 0 Å². The number of ether oxygens (including phenoxy) is 2. The Hall–Kier alpha value is -2.96. The van der Waals surface area contributed by atoms with Crippen LogP contribution in [0.15, 0.2) is 30.7 Å². The lowest BCUT2D eigenvalue weighted by molar-refractivity contribution is -0.286. The third-order valence-corrected chi connectivity index (χ3v) is 8.46. The molecule has 2 aliphatic heterocycles. The van der Waals surface area contributed by atoms with Crippen molar-refractivity contribution in [2.24, 2.45) is 0 Å². The van der Waals surface area contributed by atoms with E-state index in [9.17, 15) is 17.2 Å². The molecule has 182 valence electrons. The van der Waals surface area contributed by atoms with Crippen molar-refractivity contribution < 1.29 is 26.7 Å². The van der Waals surface area contributed by atoms with Gasteiger partial charge in [0.15, 0.2) is 5.75 Å². The van der Waals surface area contributed by atoms with Crippen LogP contribution >= 0.6 is 21.2 Å². The van der Waals surface area contributed by atoms with Gasteiger partial charge in [0.1, 0.15) is 5.65 Å². The molecule has 0 spiro atoms. The van der Waals surface area contributed by atoms with Gasteiger partial charge in [0, 0.05) is 77.7 Å². The molecule has 4 heterocycles. The van der Waals surface area contributed by atoms with Gasteiger partial charge in [-0.15, -0.1) is 8.78 Å². The van der Waals surface area contributed by atoms with Crippen LogP contribution in [0.1, 0.15) is 18.4 Å². The number of fused-ring (bicyclic) bond motifs is 2. The zero-order chi connectivity index (χ0) is 24.8. The fourth-order valence-corrected chi connectivity index (χ4v) is 5.85. The lowest BCUT2D eigenvalue weighted by Crippen LogP contribution is -2.42. The summed E-state index contributed by atoms with van der Waals surface area (Å²) in [5, 5.41) is 11.9. The summed E-state index contributed by atoms with van der Waals surface area (Å²) in [7, 11) is -3.22. The molecule has 3 aromatic rings. The number of allylic oxidation sites excluding steroid dienone is 1. The average molecular weight is 613 g/mol. The Morgan fingerprint density at radius 3 is 2.80 bits per heavy atom. The molecule has 3 N–H and O–H groups in total. The number of hydrogen-bond donors (Lipinski definition) is 3. The first-order chi connectivity index (χ1) is 16.6. The van der Waals surface area contributed by atoms with Gasteiger partial charge in [-0.1, -0.05) is 6.07 Å². The molecule has 0 aliphatic carbocycles. The van der Waals surface area contributed by atoms with E-state index in [0.717, 1.165) is 0 Å².